The maximum Gasteiger partial charge on any atom is 0.441 e. The maximum atomic E-state index is 10.9. The van der Waals surface area contributed by atoms with Crippen molar-refractivity contribution < 1.29 is 4.52 Å². The van der Waals surface area contributed by atoms with E-state index in [1.807, 2.05) is 10.2 Å². The molecule has 0 radical (unpaired) electrons. The van der Waals surface area contributed by atoms with Crippen molar-refractivity contribution in [1.29, 1.82) is 0 Å². The van der Waals surface area contributed by atoms with Crippen LogP contribution in [0.3, 0.4) is 0 Å². The molecule has 0 N–H and O–H groups in total. The zero-order valence-corrected chi connectivity index (χ0v) is 8.82. The van der Waals surface area contributed by atoms with Crippen molar-refractivity contribution in [2.24, 2.45) is 0 Å². The van der Waals surface area contributed by atoms with Gasteiger partial charge in [0.1, 0.15) is 0 Å². The fraction of sp³-hybridized carbons (Fsp3) is 0.429. The van der Waals surface area contributed by atoms with Crippen LogP contribution in [-0.4, -0.2) is 9.72 Å². The number of aromatic nitrogens is 2. The molecule has 1 heterocycles. The van der Waals surface area contributed by atoms with Gasteiger partial charge < -0.3 is 0 Å². The number of rotatable bonds is 3. The minimum absolute atomic E-state index is 0.380. The number of hydrogen-bond acceptors (Lipinski definition) is 3. The smallest absolute Gasteiger partial charge is 0.296 e. The fourth-order valence-corrected chi connectivity index (χ4v) is 1.22. The summed E-state index contributed by atoms with van der Waals surface area (Å²) in [6.07, 6.45) is 2.81. The molecule has 0 bridgehead atoms. The third-order valence-electron chi connectivity index (χ3n) is 1.48. The summed E-state index contributed by atoms with van der Waals surface area (Å²) in [6, 6.07) is 0. The Kier molecular flexibility index (Phi) is 3.51. The molecule has 0 atom stereocenters. The van der Waals surface area contributed by atoms with Crippen LogP contribution in [0.25, 0.3) is 0 Å². The van der Waals surface area contributed by atoms with Gasteiger partial charge in [-0.2, -0.15) is 0 Å². The van der Waals surface area contributed by atoms with Gasteiger partial charge in [0.15, 0.2) is 5.82 Å². The van der Waals surface area contributed by atoms with Crippen LogP contribution in [0.4, 0.5) is 0 Å². The predicted molar refractivity (Wildman–Crippen MR) is 53.3 cm³/mol. The molecule has 0 amide bonds. The first-order valence-corrected chi connectivity index (χ1v) is 4.78. The molecule has 0 aliphatic rings. The molecule has 1 aromatic heterocycles. The van der Waals surface area contributed by atoms with E-state index in [0.29, 0.717) is 12.4 Å². The highest BCUT2D eigenvalue weighted by Gasteiger charge is 2.03. The topological polar surface area (TPSA) is 48.0 Å². The molecule has 5 heteroatoms. The van der Waals surface area contributed by atoms with Crippen LogP contribution in [0.5, 0.6) is 0 Å². The lowest BCUT2D eigenvalue weighted by Crippen LogP contribution is -2.15. The molecule has 0 spiro atoms. The Labute approximate surface area is 83.4 Å². The molecule has 1 rings (SSSR count). The van der Waals surface area contributed by atoms with Crippen LogP contribution in [-0.2, 0) is 6.54 Å². The van der Waals surface area contributed by atoms with Gasteiger partial charge in [0.25, 0.3) is 0 Å². The third-order valence-corrected chi connectivity index (χ3v) is 1.98. The lowest BCUT2D eigenvalue weighted by Gasteiger charge is -1.95. The van der Waals surface area contributed by atoms with Crippen molar-refractivity contribution in [2.75, 3.05) is 0 Å². The predicted octanol–water partition coefficient (Wildman–Crippen LogP) is 1.48. The van der Waals surface area contributed by atoms with Gasteiger partial charge >= 0.3 is 5.76 Å². The molecule has 0 fully saturated rings. The molecule has 0 aliphatic carbocycles. The average molecular weight is 280 g/mol. The third kappa shape index (κ3) is 2.20. The molecule has 4 nitrogen and oxygen atoms in total. The second-order valence-electron chi connectivity index (χ2n) is 2.30. The van der Waals surface area contributed by atoms with E-state index in [-0.39, 0.29) is 5.76 Å². The van der Waals surface area contributed by atoms with E-state index >= 15 is 0 Å². The van der Waals surface area contributed by atoms with Crippen LogP contribution < -0.4 is 5.76 Å². The Morgan fingerprint density at radius 3 is 3.00 bits per heavy atom. The van der Waals surface area contributed by atoms with Crippen LogP contribution in [0, 0.1) is 6.92 Å². The van der Waals surface area contributed by atoms with Crippen molar-refractivity contribution in [1.82, 2.24) is 9.72 Å². The summed E-state index contributed by atoms with van der Waals surface area (Å²) in [4.78, 5) is 10.9. The van der Waals surface area contributed by atoms with Gasteiger partial charge in [-0.25, -0.2) is 4.79 Å². The van der Waals surface area contributed by atoms with Gasteiger partial charge in [-0.15, -0.1) is 0 Å². The summed E-state index contributed by atoms with van der Waals surface area (Å²) >= 11 is 2.14. The van der Waals surface area contributed by atoms with E-state index in [2.05, 4.69) is 32.3 Å². The number of hydrogen-bond donors (Lipinski definition) is 0. The van der Waals surface area contributed by atoms with Crippen molar-refractivity contribution in [2.45, 2.75) is 19.9 Å². The second-order valence-corrected chi connectivity index (χ2v) is 3.02. The van der Waals surface area contributed by atoms with E-state index in [1.54, 1.807) is 6.92 Å². The highest BCUT2D eigenvalue weighted by atomic mass is 127. The SMILES string of the molecule is Cc1noc(=O)n1CC/C=C/I. The molecule has 0 aliphatic heterocycles. The Morgan fingerprint density at radius 1 is 1.75 bits per heavy atom. The van der Waals surface area contributed by atoms with Crippen LogP contribution in [0.15, 0.2) is 19.5 Å². The minimum Gasteiger partial charge on any atom is -0.296 e. The second kappa shape index (κ2) is 4.44. The summed E-state index contributed by atoms with van der Waals surface area (Å²) < 4.78 is 7.89. The number of nitrogens with zero attached hydrogens (tertiary/aromatic N) is 2. The van der Waals surface area contributed by atoms with E-state index in [0.717, 1.165) is 6.42 Å². The van der Waals surface area contributed by atoms with Gasteiger partial charge in [-0.3, -0.25) is 9.09 Å². The van der Waals surface area contributed by atoms with E-state index < -0.39 is 0 Å². The van der Waals surface area contributed by atoms with Gasteiger partial charge in [0.2, 0.25) is 0 Å². The summed E-state index contributed by atoms with van der Waals surface area (Å²) in [7, 11) is 0. The molecule has 0 saturated carbocycles. The fourth-order valence-electron chi connectivity index (χ4n) is 0.855. The van der Waals surface area contributed by atoms with E-state index in [1.165, 1.54) is 4.57 Å². The lowest BCUT2D eigenvalue weighted by atomic mass is 10.4. The van der Waals surface area contributed by atoms with Crippen LogP contribution >= 0.6 is 22.6 Å². The zero-order valence-electron chi connectivity index (χ0n) is 6.66. The Hall–Kier alpha value is -0.590. The quantitative estimate of drug-likeness (QED) is 0.788. The van der Waals surface area contributed by atoms with Gasteiger partial charge in [0.05, 0.1) is 0 Å². The molecule has 1 aromatic rings. The molecule has 0 saturated heterocycles. The van der Waals surface area contributed by atoms with Crippen molar-refractivity contribution in [3.05, 3.63) is 26.5 Å². The van der Waals surface area contributed by atoms with E-state index in [9.17, 15) is 4.79 Å². The monoisotopic (exact) mass is 280 g/mol. The largest absolute Gasteiger partial charge is 0.441 e. The number of allylic oxidation sites excluding steroid dienone is 1. The highest BCUT2D eigenvalue weighted by molar-refractivity contribution is 14.1. The van der Waals surface area contributed by atoms with E-state index in [4.69, 9.17) is 0 Å². The molecule has 0 unspecified atom stereocenters. The Bertz CT molecular complexity index is 326. The summed E-state index contributed by atoms with van der Waals surface area (Å²) in [5, 5.41) is 3.54. The first kappa shape index (κ1) is 9.50. The molecule has 66 valence electrons. The summed E-state index contributed by atoms with van der Waals surface area (Å²) in [5.74, 6) is 0.246. The maximum absolute atomic E-state index is 10.9. The standard InChI is InChI=1S/C7H9IN2O2/c1-6-9-12-7(11)10(6)5-3-2-4-8/h2,4H,3,5H2,1H3/b4-2+. The summed E-state index contributed by atoms with van der Waals surface area (Å²) in [5.41, 5.74) is 0. The molecule has 12 heavy (non-hydrogen) atoms. The first-order valence-electron chi connectivity index (χ1n) is 3.54. The van der Waals surface area contributed by atoms with Crippen molar-refractivity contribution >= 4 is 22.6 Å². The Balaban J connectivity index is 2.68. The Morgan fingerprint density at radius 2 is 2.50 bits per heavy atom. The van der Waals surface area contributed by atoms with Gasteiger partial charge in [-0.05, 0) is 17.4 Å². The normalized spacial score (nSPS) is 11.2. The lowest BCUT2D eigenvalue weighted by molar-refractivity contribution is 0.374. The molecule has 0 aromatic carbocycles. The van der Waals surface area contributed by atoms with Gasteiger partial charge in [0, 0.05) is 6.54 Å². The zero-order chi connectivity index (χ0) is 8.97. The van der Waals surface area contributed by atoms with Crippen LogP contribution in [0.1, 0.15) is 12.2 Å². The van der Waals surface area contributed by atoms with Crippen LogP contribution in [0.2, 0.25) is 0 Å². The van der Waals surface area contributed by atoms with Crippen molar-refractivity contribution in [3.8, 4) is 0 Å². The average Bonchev–Trinajstić information content (AvgIpc) is 2.35. The summed E-state index contributed by atoms with van der Waals surface area (Å²) in [6.45, 7) is 2.38. The van der Waals surface area contributed by atoms with Gasteiger partial charge in [-0.1, -0.05) is 33.8 Å². The first-order chi connectivity index (χ1) is 5.75. The number of aryl methyl sites for hydroxylation is 1. The van der Waals surface area contributed by atoms with Crippen molar-refractivity contribution in [3.63, 3.8) is 0 Å². The highest BCUT2D eigenvalue weighted by Crippen LogP contribution is 1.95. The minimum atomic E-state index is -0.380. The molecular weight excluding hydrogens is 271 g/mol. The molecular formula is C7H9IN2O2. The number of halogens is 1.